The minimum Gasteiger partial charge on any atom is -0.264 e. The maximum Gasteiger partial charge on any atom is 0.0348 e. The molecule has 1 rings (SSSR count). The van der Waals surface area contributed by atoms with Crippen LogP contribution >= 0.6 is 0 Å². The number of nitrogens with zero attached hydrogens (tertiary/aromatic N) is 1. The van der Waals surface area contributed by atoms with E-state index in [-0.39, 0.29) is 0 Å². The number of rotatable bonds is 2. The Balaban J connectivity index is 0. The van der Waals surface area contributed by atoms with Gasteiger partial charge in [0.1, 0.15) is 0 Å². The Kier molecular flexibility index (Phi) is 11.5. The molecule has 0 radical (unpaired) electrons. The molecular formula is C14H23N. The van der Waals surface area contributed by atoms with Gasteiger partial charge in [0, 0.05) is 18.0 Å². The van der Waals surface area contributed by atoms with E-state index in [0.717, 1.165) is 16.7 Å². The maximum absolute atomic E-state index is 4.01. The first-order chi connectivity index (χ1) is 7.25. The lowest BCUT2D eigenvalue weighted by Crippen LogP contribution is -1.84. The van der Waals surface area contributed by atoms with Crippen molar-refractivity contribution in [3.63, 3.8) is 0 Å². The van der Waals surface area contributed by atoms with Gasteiger partial charge in [0.15, 0.2) is 0 Å². The molecule has 0 aliphatic rings. The largest absolute Gasteiger partial charge is 0.264 e. The topological polar surface area (TPSA) is 12.9 Å². The quantitative estimate of drug-likeness (QED) is 0.675. The number of allylic oxidation sites excluding steroid dienone is 1. The van der Waals surface area contributed by atoms with E-state index in [1.54, 1.807) is 12.4 Å². The van der Waals surface area contributed by atoms with E-state index < -0.39 is 0 Å². The minimum absolute atomic E-state index is 1.02. The molecule has 84 valence electrons. The van der Waals surface area contributed by atoms with Crippen LogP contribution in [0.4, 0.5) is 0 Å². The number of pyridine rings is 1. The summed E-state index contributed by atoms with van der Waals surface area (Å²) < 4.78 is 0. The van der Waals surface area contributed by atoms with Crippen LogP contribution in [0.2, 0.25) is 0 Å². The van der Waals surface area contributed by atoms with Gasteiger partial charge < -0.3 is 0 Å². The zero-order valence-corrected chi connectivity index (χ0v) is 10.7. The molecule has 1 aromatic heterocycles. The van der Waals surface area contributed by atoms with E-state index in [1.165, 1.54) is 0 Å². The van der Waals surface area contributed by atoms with Crippen molar-refractivity contribution in [2.75, 3.05) is 0 Å². The Morgan fingerprint density at radius 1 is 1.27 bits per heavy atom. The van der Waals surface area contributed by atoms with Crippen LogP contribution < -0.4 is 0 Å². The van der Waals surface area contributed by atoms with Gasteiger partial charge in [0.05, 0.1) is 0 Å². The smallest absolute Gasteiger partial charge is 0.0348 e. The van der Waals surface area contributed by atoms with E-state index in [0.29, 0.717) is 0 Å². The van der Waals surface area contributed by atoms with Gasteiger partial charge in [-0.2, -0.15) is 0 Å². The number of hydrogen-bond acceptors (Lipinski definition) is 1. The van der Waals surface area contributed by atoms with Gasteiger partial charge in [-0.1, -0.05) is 46.9 Å². The molecule has 0 aliphatic carbocycles. The summed E-state index contributed by atoms with van der Waals surface area (Å²) in [6, 6.07) is 1.93. The highest BCUT2D eigenvalue weighted by molar-refractivity contribution is 5.70. The predicted octanol–water partition coefficient (Wildman–Crippen LogP) is 4.81. The van der Waals surface area contributed by atoms with Crippen LogP contribution in [0.15, 0.2) is 31.6 Å². The molecule has 0 aliphatic heterocycles. The third-order valence-corrected chi connectivity index (χ3v) is 1.53. The first kappa shape index (κ1) is 16.1. The summed E-state index contributed by atoms with van der Waals surface area (Å²) in [5.74, 6) is 0. The summed E-state index contributed by atoms with van der Waals surface area (Å²) in [5.41, 5.74) is 3.18. The van der Waals surface area contributed by atoms with Crippen molar-refractivity contribution in [1.82, 2.24) is 4.98 Å². The Labute approximate surface area is 94.6 Å². The van der Waals surface area contributed by atoms with Gasteiger partial charge in [-0.05, 0) is 24.1 Å². The molecule has 0 amide bonds. The SMILES string of the molecule is C=Cc1ccncc1C(=C)C.CC.CC. The molecule has 0 saturated heterocycles. The summed E-state index contributed by atoms with van der Waals surface area (Å²) in [5, 5.41) is 0. The summed E-state index contributed by atoms with van der Waals surface area (Å²) in [4.78, 5) is 4.01. The zero-order chi connectivity index (χ0) is 12.3. The van der Waals surface area contributed by atoms with Crippen molar-refractivity contribution in [2.45, 2.75) is 34.6 Å². The lowest BCUT2D eigenvalue weighted by atomic mass is 10.1. The second-order valence-electron chi connectivity index (χ2n) is 2.45. The van der Waals surface area contributed by atoms with Gasteiger partial charge in [0.2, 0.25) is 0 Å². The highest BCUT2D eigenvalue weighted by atomic mass is 14.6. The monoisotopic (exact) mass is 205 g/mol. The molecule has 0 aromatic carbocycles. The van der Waals surface area contributed by atoms with Crippen molar-refractivity contribution in [3.8, 4) is 0 Å². The van der Waals surface area contributed by atoms with E-state index in [1.807, 2.05) is 46.8 Å². The van der Waals surface area contributed by atoms with Crippen LogP contribution in [0.1, 0.15) is 45.7 Å². The van der Waals surface area contributed by atoms with Crippen molar-refractivity contribution < 1.29 is 0 Å². The fourth-order valence-corrected chi connectivity index (χ4v) is 0.940. The van der Waals surface area contributed by atoms with Crippen LogP contribution in [-0.2, 0) is 0 Å². The number of hydrogen-bond donors (Lipinski definition) is 0. The van der Waals surface area contributed by atoms with Crippen molar-refractivity contribution >= 4 is 11.6 Å². The van der Waals surface area contributed by atoms with Gasteiger partial charge in [0.25, 0.3) is 0 Å². The lowest BCUT2D eigenvalue weighted by Gasteiger charge is -2.02. The van der Waals surface area contributed by atoms with E-state index in [9.17, 15) is 0 Å². The Bertz CT molecular complexity index is 287. The third kappa shape index (κ3) is 5.84. The maximum atomic E-state index is 4.01. The predicted molar refractivity (Wildman–Crippen MR) is 71.7 cm³/mol. The summed E-state index contributed by atoms with van der Waals surface area (Å²) >= 11 is 0. The second-order valence-corrected chi connectivity index (χ2v) is 2.45. The fourth-order valence-electron chi connectivity index (χ4n) is 0.940. The van der Waals surface area contributed by atoms with Crippen molar-refractivity contribution in [1.29, 1.82) is 0 Å². The molecule has 0 fully saturated rings. The molecule has 0 atom stereocenters. The van der Waals surface area contributed by atoms with Crippen LogP contribution in [0.25, 0.3) is 11.6 Å². The van der Waals surface area contributed by atoms with Crippen molar-refractivity contribution in [3.05, 3.63) is 42.7 Å². The molecule has 0 N–H and O–H groups in total. The Hall–Kier alpha value is -1.37. The van der Waals surface area contributed by atoms with Gasteiger partial charge in [-0.25, -0.2) is 0 Å². The Morgan fingerprint density at radius 3 is 2.13 bits per heavy atom. The van der Waals surface area contributed by atoms with Crippen molar-refractivity contribution in [2.24, 2.45) is 0 Å². The average Bonchev–Trinajstić information content (AvgIpc) is 2.34. The van der Waals surface area contributed by atoms with Gasteiger partial charge >= 0.3 is 0 Å². The average molecular weight is 205 g/mol. The normalized spacial score (nSPS) is 7.53. The molecule has 1 nitrogen and oxygen atoms in total. The molecule has 0 bridgehead atoms. The molecule has 1 aromatic rings. The first-order valence-electron chi connectivity index (χ1n) is 5.48. The Morgan fingerprint density at radius 2 is 1.80 bits per heavy atom. The van der Waals surface area contributed by atoms with E-state index in [4.69, 9.17) is 0 Å². The first-order valence-corrected chi connectivity index (χ1v) is 5.48. The highest BCUT2D eigenvalue weighted by Crippen LogP contribution is 2.15. The molecular weight excluding hydrogens is 182 g/mol. The molecule has 1 heterocycles. The molecule has 0 unspecified atom stereocenters. The standard InChI is InChI=1S/C10H11N.2C2H6/c1-4-9-5-6-11-7-10(9)8(2)3;2*1-2/h4-7H,1-2H2,3H3;2*1-2H3. The lowest BCUT2D eigenvalue weighted by molar-refractivity contribution is 1.30. The molecule has 0 saturated carbocycles. The zero-order valence-electron chi connectivity index (χ0n) is 10.7. The van der Waals surface area contributed by atoms with E-state index in [2.05, 4.69) is 18.1 Å². The number of aromatic nitrogens is 1. The van der Waals surface area contributed by atoms with Crippen LogP contribution in [0, 0.1) is 0 Å². The second kappa shape index (κ2) is 10.7. The molecule has 15 heavy (non-hydrogen) atoms. The molecule has 0 spiro atoms. The van der Waals surface area contributed by atoms with Gasteiger partial charge in [-0.3, -0.25) is 4.98 Å². The van der Waals surface area contributed by atoms with Crippen LogP contribution in [0.3, 0.4) is 0 Å². The third-order valence-electron chi connectivity index (χ3n) is 1.53. The van der Waals surface area contributed by atoms with Crippen LogP contribution in [-0.4, -0.2) is 4.98 Å². The van der Waals surface area contributed by atoms with E-state index >= 15 is 0 Å². The highest BCUT2D eigenvalue weighted by Gasteiger charge is 1.97. The summed E-state index contributed by atoms with van der Waals surface area (Å²) in [6.07, 6.45) is 5.37. The molecule has 1 heteroatoms. The summed E-state index contributed by atoms with van der Waals surface area (Å²) in [6.45, 7) is 17.5. The summed E-state index contributed by atoms with van der Waals surface area (Å²) in [7, 11) is 0. The van der Waals surface area contributed by atoms with Gasteiger partial charge in [-0.15, -0.1) is 0 Å². The van der Waals surface area contributed by atoms with Crippen LogP contribution in [0.5, 0.6) is 0 Å². The fraction of sp³-hybridized carbons (Fsp3) is 0.357. The minimum atomic E-state index is 1.02.